The van der Waals surface area contributed by atoms with Gasteiger partial charge in [0, 0.05) is 11.8 Å². The first kappa shape index (κ1) is 17.1. The third-order valence-corrected chi connectivity index (χ3v) is 4.41. The maximum atomic E-state index is 5.89. The Bertz CT molecular complexity index is 471. The second-order valence-electron chi connectivity index (χ2n) is 6.19. The summed E-state index contributed by atoms with van der Waals surface area (Å²) in [6.07, 6.45) is 1.71. The summed E-state index contributed by atoms with van der Waals surface area (Å²) in [7, 11) is 1.75. The van der Waals surface area contributed by atoms with Crippen molar-refractivity contribution in [3.63, 3.8) is 0 Å². The topological polar surface area (TPSA) is 33.6 Å². The smallest absolute Gasteiger partial charge is 0.146 e. The number of hydrogen-bond acceptors (Lipinski definition) is 4. The molecule has 0 bridgehead atoms. The van der Waals surface area contributed by atoms with E-state index in [1.807, 2.05) is 0 Å². The lowest BCUT2D eigenvalue weighted by Gasteiger charge is -2.29. The standard InChI is InChI=1S/C16H26N2OS/c1-9-11(2)13(17-8)14-12(3)16(7,10-19-14)18-20-15(4,5)6/h9,18H,1-2,10H2,3-8H3. The maximum absolute atomic E-state index is 5.89. The molecule has 3 nitrogen and oxygen atoms in total. The van der Waals surface area contributed by atoms with Crippen molar-refractivity contribution in [3.8, 4) is 0 Å². The molecule has 0 aromatic carbocycles. The van der Waals surface area contributed by atoms with Crippen LogP contribution in [0, 0.1) is 0 Å². The molecule has 0 saturated heterocycles. The molecule has 4 heteroatoms. The highest BCUT2D eigenvalue weighted by Gasteiger charge is 2.38. The van der Waals surface area contributed by atoms with Crippen LogP contribution in [-0.4, -0.2) is 29.7 Å². The predicted octanol–water partition coefficient (Wildman–Crippen LogP) is 3.90. The van der Waals surface area contributed by atoms with Gasteiger partial charge >= 0.3 is 0 Å². The van der Waals surface area contributed by atoms with E-state index in [9.17, 15) is 0 Å². The summed E-state index contributed by atoms with van der Waals surface area (Å²) in [5, 5.41) is 0. The zero-order chi connectivity index (χ0) is 15.6. The summed E-state index contributed by atoms with van der Waals surface area (Å²) in [4.78, 5) is 4.29. The van der Waals surface area contributed by atoms with Gasteiger partial charge in [0.2, 0.25) is 0 Å². The zero-order valence-electron chi connectivity index (χ0n) is 13.5. The predicted molar refractivity (Wildman–Crippen MR) is 90.2 cm³/mol. The number of nitrogens with one attached hydrogen (secondary N) is 1. The summed E-state index contributed by atoms with van der Waals surface area (Å²) < 4.78 is 9.57. The van der Waals surface area contributed by atoms with Crippen LogP contribution < -0.4 is 4.72 Å². The molecule has 0 spiro atoms. The van der Waals surface area contributed by atoms with Crippen LogP contribution in [-0.2, 0) is 4.74 Å². The van der Waals surface area contributed by atoms with Gasteiger partial charge in [0.15, 0.2) is 0 Å². The fourth-order valence-corrected chi connectivity index (χ4v) is 2.53. The maximum Gasteiger partial charge on any atom is 0.146 e. The molecule has 0 aliphatic carbocycles. The van der Waals surface area contributed by atoms with Gasteiger partial charge in [-0.3, -0.25) is 9.71 Å². The summed E-state index contributed by atoms with van der Waals surface area (Å²) in [6, 6.07) is 0. The molecule has 0 radical (unpaired) electrons. The van der Waals surface area contributed by atoms with Crippen molar-refractivity contribution in [2.45, 2.75) is 44.9 Å². The Hall–Kier alpha value is -1.00. The van der Waals surface area contributed by atoms with E-state index in [1.54, 1.807) is 25.1 Å². The number of aliphatic imine (C=N–C) groups is 1. The van der Waals surface area contributed by atoms with E-state index in [4.69, 9.17) is 4.74 Å². The van der Waals surface area contributed by atoms with Crippen LogP contribution in [0.25, 0.3) is 0 Å². The van der Waals surface area contributed by atoms with E-state index < -0.39 is 0 Å². The molecule has 0 fully saturated rings. The van der Waals surface area contributed by atoms with Crippen LogP contribution in [0.5, 0.6) is 0 Å². The Kier molecular flexibility index (Phi) is 5.27. The summed E-state index contributed by atoms with van der Waals surface area (Å²) in [5.41, 5.74) is 2.53. The first-order valence-electron chi connectivity index (χ1n) is 6.73. The number of nitrogens with zero attached hydrogens (tertiary/aromatic N) is 1. The summed E-state index contributed by atoms with van der Waals surface area (Å²) in [5.74, 6) is 0.821. The SMILES string of the molecule is C=CC(=C)C(=NC)C1=C(C)C(C)(NSC(C)(C)C)CO1. The Morgan fingerprint density at radius 2 is 2.10 bits per heavy atom. The average Bonchev–Trinajstić information content (AvgIpc) is 2.66. The van der Waals surface area contributed by atoms with E-state index in [0.717, 1.165) is 22.6 Å². The van der Waals surface area contributed by atoms with E-state index in [2.05, 4.69) is 57.5 Å². The molecule has 112 valence electrons. The Labute approximate surface area is 127 Å². The molecule has 0 aromatic rings. The molecule has 1 rings (SSSR count). The van der Waals surface area contributed by atoms with Gasteiger partial charge in [-0.2, -0.15) is 0 Å². The Balaban J connectivity index is 3.01. The van der Waals surface area contributed by atoms with E-state index in [0.29, 0.717) is 6.61 Å². The van der Waals surface area contributed by atoms with E-state index in [-0.39, 0.29) is 10.3 Å². The second kappa shape index (κ2) is 6.19. The largest absolute Gasteiger partial charge is 0.489 e. The second-order valence-corrected chi connectivity index (χ2v) is 7.83. The normalized spacial score (nSPS) is 23.8. The van der Waals surface area contributed by atoms with Crippen molar-refractivity contribution in [2.75, 3.05) is 13.7 Å². The molecule has 1 N–H and O–H groups in total. The number of allylic oxidation sites excluding steroid dienone is 2. The van der Waals surface area contributed by atoms with E-state index >= 15 is 0 Å². The van der Waals surface area contributed by atoms with Crippen molar-refractivity contribution < 1.29 is 4.74 Å². The summed E-state index contributed by atoms with van der Waals surface area (Å²) >= 11 is 1.72. The van der Waals surface area contributed by atoms with Gasteiger partial charge in [0.05, 0.1) is 5.54 Å². The minimum atomic E-state index is -0.190. The summed E-state index contributed by atoms with van der Waals surface area (Å²) in [6.45, 7) is 19.1. The lowest BCUT2D eigenvalue weighted by Crippen LogP contribution is -2.42. The number of hydrogen-bond donors (Lipinski definition) is 1. The molecule has 1 unspecified atom stereocenters. The van der Waals surface area contributed by atoms with Crippen LogP contribution in [0.1, 0.15) is 34.6 Å². The first-order valence-corrected chi connectivity index (χ1v) is 7.54. The minimum Gasteiger partial charge on any atom is -0.489 e. The van der Waals surface area contributed by atoms with Crippen molar-refractivity contribution in [2.24, 2.45) is 4.99 Å². The monoisotopic (exact) mass is 294 g/mol. The van der Waals surface area contributed by atoms with Crippen LogP contribution in [0.2, 0.25) is 0 Å². The highest BCUT2D eigenvalue weighted by atomic mass is 32.2. The fourth-order valence-electron chi connectivity index (χ4n) is 1.79. The van der Waals surface area contributed by atoms with Crippen LogP contribution >= 0.6 is 11.9 Å². The lowest BCUT2D eigenvalue weighted by molar-refractivity contribution is 0.218. The lowest BCUT2D eigenvalue weighted by atomic mass is 9.94. The van der Waals surface area contributed by atoms with Gasteiger partial charge < -0.3 is 4.74 Å². The third kappa shape index (κ3) is 3.76. The molecule has 1 heterocycles. The third-order valence-electron chi connectivity index (χ3n) is 3.25. The molecule has 1 aliphatic heterocycles. The highest BCUT2D eigenvalue weighted by molar-refractivity contribution is 7.98. The molecular weight excluding hydrogens is 268 g/mol. The van der Waals surface area contributed by atoms with Crippen LogP contribution in [0.4, 0.5) is 0 Å². The molecule has 1 atom stereocenters. The first-order chi connectivity index (χ1) is 9.14. The van der Waals surface area contributed by atoms with Gasteiger partial charge in [-0.1, -0.05) is 31.2 Å². The van der Waals surface area contributed by atoms with Gasteiger partial charge in [-0.25, -0.2) is 0 Å². The fraction of sp³-hybridized carbons (Fsp3) is 0.562. The zero-order valence-corrected chi connectivity index (χ0v) is 14.3. The molecule has 0 saturated carbocycles. The van der Waals surface area contributed by atoms with Gasteiger partial charge in [-0.15, -0.1) is 0 Å². The average molecular weight is 294 g/mol. The van der Waals surface area contributed by atoms with Crippen molar-refractivity contribution in [3.05, 3.63) is 36.1 Å². The molecule has 1 aliphatic rings. The number of ether oxygens (including phenoxy) is 1. The van der Waals surface area contributed by atoms with Crippen LogP contribution in [0.15, 0.2) is 41.1 Å². The van der Waals surface area contributed by atoms with Crippen LogP contribution in [0.3, 0.4) is 0 Å². The van der Waals surface area contributed by atoms with Gasteiger partial charge in [0.1, 0.15) is 18.1 Å². The highest BCUT2D eigenvalue weighted by Crippen LogP contribution is 2.34. The van der Waals surface area contributed by atoms with Gasteiger partial charge in [-0.05, 0) is 45.8 Å². The quantitative estimate of drug-likeness (QED) is 0.474. The molecular formula is C16H26N2OS. The Morgan fingerprint density at radius 3 is 2.55 bits per heavy atom. The van der Waals surface area contributed by atoms with Gasteiger partial charge in [0.25, 0.3) is 0 Å². The number of rotatable bonds is 5. The Morgan fingerprint density at radius 1 is 1.50 bits per heavy atom. The molecule has 20 heavy (non-hydrogen) atoms. The van der Waals surface area contributed by atoms with Crippen molar-refractivity contribution in [1.82, 2.24) is 4.72 Å². The van der Waals surface area contributed by atoms with Crippen molar-refractivity contribution in [1.29, 1.82) is 0 Å². The minimum absolute atomic E-state index is 0.151. The van der Waals surface area contributed by atoms with Crippen molar-refractivity contribution >= 4 is 17.7 Å². The molecule has 0 amide bonds. The van der Waals surface area contributed by atoms with E-state index in [1.165, 1.54) is 0 Å². The molecule has 0 aromatic heterocycles.